The maximum Gasteiger partial charge on any atom is 0.255 e. The molecule has 3 rings (SSSR count). The monoisotopic (exact) mass is 387 g/mol. The van der Waals surface area contributed by atoms with Crippen molar-refractivity contribution in [1.29, 1.82) is 0 Å². The molecule has 1 aliphatic rings. The fourth-order valence-corrected chi connectivity index (χ4v) is 3.67. The molecule has 0 saturated carbocycles. The first-order valence-corrected chi connectivity index (χ1v) is 9.76. The van der Waals surface area contributed by atoms with Gasteiger partial charge in [0.15, 0.2) is 0 Å². The summed E-state index contributed by atoms with van der Waals surface area (Å²) in [7, 11) is 0. The van der Waals surface area contributed by atoms with E-state index in [1.54, 1.807) is 18.2 Å². The van der Waals surface area contributed by atoms with Crippen LogP contribution in [-0.4, -0.2) is 31.8 Å². The number of rotatable bonds is 6. The predicted octanol–water partition coefficient (Wildman–Crippen LogP) is 4.61. The number of carbonyl (C=O) groups excluding carboxylic acids is 1. The van der Waals surface area contributed by atoms with Gasteiger partial charge in [-0.25, -0.2) is 0 Å². The summed E-state index contributed by atoms with van der Waals surface area (Å²) >= 11 is 6.12. The van der Waals surface area contributed by atoms with Crippen molar-refractivity contribution in [2.24, 2.45) is 0 Å². The standard InChI is InChI=1S/C22H26ClNO3/c1-16(2)27-20-9-8-18(23)14-19(20)21(25)24-15-22(10-12-26-13-11-22)17-6-4-3-5-7-17/h3-9,14,16H,10-13,15H2,1-2H3,(H,24,25). The van der Waals surface area contributed by atoms with E-state index in [9.17, 15) is 4.79 Å². The Morgan fingerprint density at radius 3 is 2.56 bits per heavy atom. The first kappa shape index (κ1) is 19.7. The van der Waals surface area contributed by atoms with Crippen LogP contribution in [0, 0.1) is 0 Å². The van der Waals surface area contributed by atoms with Gasteiger partial charge in [-0.15, -0.1) is 0 Å². The van der Waals surface area contributed by atoms with Gasteiger partial charge >= 0.3 is 0 Å². The number of benzene rings is 2. The number of ether oxygens (including phenoxy) is 2. The highest BCUT2D eigenvalue weighted by molar-refractivity contribution is 6.31. The zero-order valence-corrected chi connectivity index (χ0v) is 16.6. The molecule has 1 amide bonds. The predicted molar refractivity (Wildman–Crippen MR) is 108 cm³/mol. The van der Waals surface area contributed by atoms with Crippen LogP contribution in [0.4, 0.5) is 0 Å². The van der Waals surface area contributed by atoms with Crippen molar-refractivity contribution in [3.63, 3.8) is 0 Å². The van der Waals surface area contributed by atoms with Gasteiger partial charge in [0.1, 0.15) is 5.75 Å². The van der Waals surface area contributed by atoms with E-state index in [2.05, 4.69) is 17.4 Å². The molecule has 1 fully saturated rings. The summed E-state index contributed by atoms with van der Waals surface area (Å²) in [6.07, 6.45) is 1.73. The van der Waals surface area contributed by atoms with Gasteiger partial charge in [-0.05, 0) is 50.5 Å². The summed E-state index contributed by atoms with van der Waals surface area (Å²) in [5, 5.41) is 3.63. The molecule has 0 unspecified atom stereocenters. The first-order chi connectivity index (χ1) is 13.0. The van der Waals surface area contributed by atoms with E-state index in [1.807, 2.05) is 32.0 Å². The Labute approximate surface area is 165 Å². The molecular weight excluding hydrogens is 362 g/mol. The second-order valence-electron chi connectivity index (χ2n) is 7.25. The van der Waals surface area contributed by atoms with Crippen molar-refractivity contribution < 1.29 is 14.3 Å². The van der Waals surface area contributed by atoms with E-state index < -0.39 is 0 Å². The maximum atomic E-state index is 12.9. The van der Waals surface area contributed by atoms with Gasteiger partial charge in [-0.1, -0.05) is 41.9 Å². The normalized spacial score (nSPS) is 16.1. The van der Waals surface area contributed by atoms with Crippen molar-refractivity contribution in [2.75, 3.05) is 19.8 Å². The Morgan fingerprint density at radius 1 is 1.19 bits per heavy atom. The lowest BCUT2D eigenvalue weighted by molar-refractivity contribution is 0.0486. The third-order valence-corrected chi connectivity index (χ3v) is 5.21. The quantitative estimate of drug-likeness (QED) is 0.787. The third kappa shape index (κ3) is 4.82. The molecule has 0 aromatic heterocycles. The number of amides is 1. The Balaban J connectivity index is 1.80. The van der Waals surface area contributed by atoms with Gasteiger partial charge in [0.2, 0.25) is 0 Å². The average molecular weight is 388 g/mol. The van der Waals surface area contributed by atoms with Crippen molar-refractivity contribution >= 4 is 17.5 Å². The molecule has 144 valence electrons. The first-order valence-electron chi connectivity index (χ1n) is 9.38. The van der Waals surface area contributed by atoms with Crippen molar-refractivity contribution in [1.82, 2.24) is 5.32 Å². The minimum Gasteiger partial charge on any atom is -0.490 e. The van der Waals surface area contributed by atoms with Gasteiger partial charge in [0.25, 0.3) is 5.91 Å². The van der Waals surface area contributed by atoms with Crippen molar-refractivity contribution in [3.05, 3.63) is 64.7 Å². The zero-order chi connectivity index (χ0) is 19.3. The number of halogens is 1. The Hall–Kier alpha value is -2.04. The molecule has 0 atom stereocenters. The fourth-order valence-electron chi connectivity index (χ4n) is 3.50. The minimum absolute atomic E-state index is 0.0242. The molecule has 2 aromatic rings. The van der Waals surface area contributed by atoms with E-state index in [0.717, 1.165) is 12.8 Å². The van der Waals surface area contributed by atoms with Crippen molar-refractivity contribution in [3.8, 4) is 5.75 Å². The summed E-state index contributed by atoms with van der Waals surface area (Å²) in [6.45, 7) is 5.81. The molecule has 1 saturated heterocycles. The summed E-state index contributed by atoms with van der Waals surface area (Å²) in [4.78, 5) is 12.9. The summed E-state index contributed by atoms with van der Waals surface area (Å²) in [5.74, 6) is 0.377. The highest BCUT2D eigenvalue weighted by Crippen LogP contribution is 2.34. The minimum atomic E-state index is -0.171. The number of hydrogen-bond acceptors (Lipinski definition) is 3. The molecular formula is C22H26ClNO3. The molecule has 1 N–H and O–H groups in total. The molecule has 5 heteroatoms. The van der Waals surface area contributed by atoms with E-state index in [1.165, 1.54) is 5.56 Å². The van der Waals surface area contributed by atoms with Crippen LogP contribution in [0.15, 0.2) is 48.5 Å². The van der Waals surface area contributed by atoms with Crippen LogP contribution < -0.4 is 10.1 Å². The van der Waals surface area contributed by atoms with Crippen LogP contribution in [0.1, 0.15) is 42.6 Å². The van der Waals surface area contributed by atoms with Gasteiger partial charge < -0.3 is 14.8 Å². The zero-order valence-electron chi connectivity index (χ0n) is 15.8. The number of hydrogen-bond donors (Lipinski definition) is 1. The fraction of sp³-hybridized carbons (Fsp3) is 0.409. The summed E-state index contributed by atoms with van der Waals surface area (Å²) in [6, 6.07) is 15.5. The molecule has 1 aliphatic heterocycles. The maximum absolute atomic E-state index is 12.9. The Kier molecular flexibility index (Phi) is 6.40. The number of nitrogens with one attached hydrogen (secondary N) is 1. The van der Waals surface area contributed by atoms with Gasteiger partial charge in [-0.2, -0.15) is 0 Å². The van der Waals surface area contributed by atoms with E-state index in [-0.39, 0.29) is 17.4 Å². The Morgan fingerprint density at radius 2 is 1.89 bits per heavy atom. The highest BCUT2D eigenvalue weighted by Gasteiger charge is 2.35. The summed E-state index contributed by atoms with van der Waals surface area (Å²) < 4.78 is 11.3. The van der Waals surface area contributed by atoms with Gasteiger partial charge in [-0.3, -0.25) is 4.79 Å². The lowest BCUT2D eigenvalue weighted by Crippen LogP contribution is -2.44. The van der Waals surface area contributed by atoms with Gasteiger partial charge in [0, 0.05) is 30.2 Å². The molecule has 0 aliphatic carbocycles. The van der Waals surface area contributed by atoms with E-state index in [0.29, 0.717) is 36.1 Å². The average Bonchev–Trinajstić information content (AvgIpc) is 2.68. The SMILES string of the molecule is CC(C)Oc1ccc(Cl)cc1C(=O)NCC1(c2ccccc2)CCOCC1. The third-order valence-electron chi connectivity index (χ3n) is 4.97. The smallest absolute Gasteiger partial charge is 0.255 e. The molecule has 1 heterocycles. The van der Waals surface area contributed by atoms with E-state index in [4.69, 9.17) is 21.1 Å². The van der Waals surface area contributed by atoms with Crippen molar-refractivity contribution in [2.45, 2.75) is 38.2 Å². The molecule has 0 radical (unpaired) electrons. The van der Waals surface area contributed by atoms with Crippen LogP contribution in [0.3, 0.4) is 0 Å². The lowest BCUT2D eigenvalue weighted by atomic mass is 9.74. The number of carbonyl (C=O) groups is 1. The Bertz CT molecular complexity index is 770. The van der Waals surface area contributed by atoms with Crippen LogP contribution in [0.5, 0.6) is 5.75 Å². The van der Waals surface area contributed by atoms with Crippen LogP contribution in [0.25, 0.3) is 0 Å². The van der Waals surface area contributed by atoms with E-state index >= 15 is 0 Å². The van der Waals surface area contributed by atoms with Gasteiger partial charge in [0.05, 0.1) is 11.7 Å². The highest BCUT2D eigenvalue weighted by atomic mass is 35.5. The molecule has 27 heavy (non-hydrogen) atoms. The molecule has 0 bridgehead atoms. The van der Waals surface area contributed by atoms with Crippen LogP contribution in [0.2, 0.25) is 5.02 Å². The molecule has 4 nitrogen and oxygen atoms in total. The second-order valence-corrected chi connectivity index (χ2v) is 7.68. The summed E-state index contributed by atoms with van der Waals surface area (Å²) in [5.41, 5.74) is 1.58. The topological polar surface area (TPSA) is 47.6 Å². The molecule has 0 spiro atoms. The second kappa shape index (κ2) is 8.77. The van der Waals surface area contributed by atoms with Crippen LogP contribution >= 0.6 is 11.6 Å². The lowest BCUT2D eigenvalue weighted by Gasteiger charge is -2.38. The van der Waals surface area contributed by atoms with Crippen LogP contribution in [-0.2, 0) is 10.2 Å². The largest absolute Gasteiger partial charge is 0.490 e. The molecule has 2 aromatic carbocycles.